The Morgan fingerprint density at radius 3 is 2.12 bits per heavy atom. The zero-order chi connectivity index (χ0) is 12.7. The molecule has 3 heteroatoms. The molecule has 0 aromatic heterocycles. The van der Waals surface area contributed by atoms with Crippen molar-refractivity contribution in [2.75, 3.05) is 39.3 Å². The third-order valence-corrected chi connectivity index (χ3v) is 4.37. The molecule has 0 bridgehead atoms. The molecule has 2 unspecified atom stereocenters. The molecule has 0 radical (unpaired) electrons. The van der Waals surface area contributed by atoms with Crippen molar-refractivity contribution in [1.82, 2.24) is 9.80 Å². The molecule has 0 amide bonds. The molecule has 0 aromatic rings. The van der Waals surface area contributed by atoms with E-state index >= 15 is 0 Å². The average Bonchev–Trinajstić information content (AvgIpc) is 2.32. The van der Waals surface area contributed by atoms with Crippen LogP contribution < -0.4 is 5.73 Å². The summed E-state index contributed by atoms with van der Waals surface area (Å²) in [5, 5.41) is 0. The average molecular weight is 241 g/mol. The van der Waals surface area contributed by atoms with Gasteiger partial charge in [0.15, 0.2) is 0 Å². The fraction of sp³-hybridized carbons (Fsp3) is 1.00. The van der Waals surface area contributed by atoms with E-state index in [4.69, 9.17) is 5.73 Å². The third-order valence-electron chi connectivity index (χ3n) is 4.37. The van der Waals surface area contributed by atoms with Crippen LogP contribution in [0.2, 0.25) is 0 Å². The molecule has 0 heterocycles. The molecule has 0 saturated heterocycles. The van der Waals surface area contributed by atoms with Gasteiger partial charge in [0.1, 0.15) is 0 Å². The van der Waals surface area contributed by atoms with Gasteiger partial charge >= 0.3 is 0 Å². The van der Waals surface area contributed by atoms with Gasteiger partial charge in [0, 0.05) is 6.04 Å². The molecule has 0 aromatic carbocycles. The number of rotatable bonds is 9. The molecule has 0 spiro atoms. The lowest BCUT2D eigenvalue weighted by molar-refractivity contribution is 0.0675. The lowest BCUT2D eigenvalue weighted by Gasteiger charge is -2.44. The molecule has 102 valence electrons. The van der Waals surface area contributed by atoms with Crippen LogP contribution in [0.1, 0.15) is 40.0 Å². The molecule has 0 aliphatic heterocycles. The van der Waals surface area contributed by atoms with Crippen LogP contribution in [-0.2, 0) is 0 Å². The van der Waals surface area contributed by atoms with Gasteiger partial charge in [-0.25, -0.2) is 0 Å². The molecule has 17 heavy (non-hydrogen) atoms. The minimum atomic E-state index is 0.767. The highest BCUT2D eigenvalue weighted by Crippen LogP contribution is 2.31. The summed E-state index contributed by atoms with van der Waals surface area (Å²) in [4.78, 5) is 5.15. The minimum Gasteiger partial charge on any atom is -0.330 e. The molecule has 2 atom stereocenters. The highest BCUT2D eigenvalue weighted by atomic mass is 15.2. The number of hydrogen-bond acceptors (Lipinski definition) is 3. The fourth-order valence-electron chi connectivity index (χ4n) is 2.90. The lowest BCUT2D eigenvalue weighted by atomic mass is 9.78. The van der Waals surface area contributed by atoms with Gasteiger partial charge < -0.3 is 15.5 Å². The van der Waals surface area contributed by atoms with Crippen LogP contribution in [-0.4, -0.2) is 55.1 Å². The van der Waals surface area contributed by atoms with Crippen LogP contribution in [0, 0.1) is 5.92 Å². The van der Waals surface area contributed by atoms with Gasteiger partial charge in [-0.2, -0.15) is 0 Å². The zero-order valence-electron chi connectivity index (χ0n) is 12.0. The van der Waals surface area contributed by atoms with E-state index in [1.165, 1.54) is 52.0 Å². The van der Waals surface area contributed by atoms with E-state index in [1.807, 2.05) is 0 Å². The first-order valence-electron chi connectivity index (χ1n) is 7.43. The van der Waals surface area contributed by atoms with Gasteiger partial charge in [-0.3, -0.25) is 0 Å². The van der Waals surface area contributed by atoms with Crippen LogP contribution >= 0.6 is 0 Å². The molecule has 1 rings (SSSR count). The van der Waals surface area contributed by atoms with Gasteiger partial charge in [0.25, 0.3) is 0 Å². The van der Waals surface area contributed by atoms with Crippen molar-refractivity contribution in [3.05, 3.63) is 0 Å². The SMILES string of the molecule is CCN(CC)CCCN(CC)C1CCC1CN. The molecule has 1 saturated carbocycles. The van der Waals surface area contributed by atoms with Crippen molar-refractivity contribution >= 4 is 0 Å². The molecule has 1 fully saturated rings. The van der Waals surface area contributed by atoms with Gasteiger partial charge in [-0.1, -0.05) is 20.8 Å². The second kappa shape index (κ2) is 8.06. The van der Waals surface area contributed by atoms with E-state index in [1.54, 1.807) is 0 Å². The summed E-state index contributed by atoms with van der Waals surface area (Å²) < 4.78 is 0. The molecular weight excluding hydrogens is 210 g/mol. The first kappa shape index (κ1) is 14.9. The van der Waals surface area contributed by atoms with Gasteiger partial charge in [0.2, 0.25) is 0 Å². The Balaban J connectivity index is 2.23. The van der Waals surface area contributed by atoms with Gasteiger partial charge in [-0.05, 0) is 64.4 Å². The Bertz CT molecular complexity index is 190. The first-order chi connectivity index (χ1) is 8.26. The van der Waals surface area contributed by atoms with E-state index in [9.17, 15) is 0 Å². The maximum Gasteiger partial charge on any atom is 0.0136 e. The number of hydrogen-bond donors (Lipinski definition) is 1. The molecular formula is C14H31N3. The summed E-state index contributed by atoms with van der Waals surface area (Å²) in [6, 6.07) is 0.779. The fourth-order valence-corrected chi connectivity index (χ4v) is 2.90. The Kier molecular flexibility index (Phi) is 7.09. The summed E-state index contributed by atoms with van der Waals surface area (Å²) >= 11 is 0. The van der Waals surface area contributed by atoms with Crippen molar-refractivity contribution in [2.24, 2.45) is 11.7 Å². The Morgan fingerprint density at radius 1 is 1.00 bits per heavy atom. The molecule has 3 nitrogen and oxygen atoms in total. The van der Waals surface area contributed by atoms with Crippen LogP contribution in [0.25, 0.3) is 0 Å². The predicted octanol–water partition coefficient (Wildman–Crippen LogP) is 1.78. The summed E-state index contributed by atoms with van der Waals surface area (Å²) in [6.45, 7) is 13.7. The smallest absolute Gasteiger partial charge is 0.0136 e. The van der Waals surface area contributed by atoms with E-state index in [2.05, 4.69) is 30.6 Å². The van der Waals surface area contributed by atoms with Crippen molar-refractivity contribution in [2.45, 2.75) is 46.1 Å². The highest BCUT2D eigenvalue weighted by molar-refractivity contribution is 4.89. The second-order valence-electron chi connectivity index (χ2n) is 5.15. The van der Waals surface area contributed by atoms with Crippen molar-refractivity contribution in [3.63, 3.8) is 0 Å². The molecule has 2 N–H and O–H groups in total. The first-order valence-corrected chi connectivity index (χ1v) is 7.43. The minimum absolute atomic E-state index is 0.767. The van der Waals surface area contributed by atoms with E-state index in [0.29, 0.717) is 0 Å². The molecule has 1 aliphatic rings. The Labute approximate surface area is 107 Å². The Hall–Kier alpha value is -0.120. The maximum absolute atomic E-state index is 5.80. The summed E-state index contributed by atoms with van der Waals surface area (Å²) in [6.07, 6.45) is 4.00. The number of nitrogens with two attached hydrogens (primary N) is 1. The summed E-state index contributed by atoms with van der Waals surface area (Å²) in [5.74, 6) is 0.767. The highest BCUT2D eigenvalue weighted by Gasteiger charge is 2.33. The summed E-state index contributed by atoms with van der Waals surface area (Å²) in [5.41, 5.74) is 5.80. The van der Waals surface area contributed by atoms with E-state index in [0.717, 1.165) is 18.5 Å². The maximum atomic E-state index is 5.80. The van der Waals surface area contributed by atoms with Gasteiger partial charge in [0.05, 0.1) is 0 Å². The second-order valence-corrected chi connectivity index (χ2v) is 5.15. The van der Waals surface area contributed by atoms with E-state index < -0.39 is 0 Å². The van der Waals surface area contributed by atoms with Crippen LogP contribution in [0.4, 0.5) is 0 Å². The largest absolute Gasteiger partial charge is 0.330 e. The van der Waals surface area contributed by atoms with Crippen LogP contribution in [0.15, 0.2) is 0 Å². The van der Waals surface area contributed by atoms with Crippen molar-refractivity contribution in [3.8, 4) is 0 Å². The van der Waals surface area contributed by atoms with Crippen molar-refractivity contribution < 1.29 is 0 Å². The van der Waals surface area contributed by atoms with Crippen LogP contribution in [0.3, 0.4) is 0 Å². The monoisotopic (exact) mass is 241 g/mol. The van der Waals surface area contributed by atoms with Crippen molar-refractivity contribution in [1.29, 1.82) is 0 Å². The Morgan fingerprint density at radius 2 is 1.71 bits per heavy atom. The summed E-state index contributed by atoms with van der Waals surface area (Å²) in [7, 11) is 0. The standard InChI is InChI=1S/C14H31N3/c1-4-16(5-2)10-7-11-17(6-3)14-9-8-13(14)12-15/h13-14H,4-12,15H2,1-3H3. The quantitative estimate of drug-likeness (QED) is 0.668. The normalized spacial score (nSPS) is 24.4. The van der Waals surface area contributed by atoms with E-state index in [-0.39, 0.29) is 0 Å². The number of nitrogens with zero attached hydrogens (tertiary/aromatic N) is 2. The lowest BCUT2D eigenvalue weighted by Crippen LogP contribution is -2.50. The van der Waals surface area contributed by atoms with Crippen LogP contribution in [0.5, 0.6) is 0 Å². The predicted molar refractivity (Wildman–Crippen MR) is 75.2 cm³/mol. The zero-order valence-corrected chi connectivity index (χ0v) is 12.0. The third kappa shape index (κ3) is 4.23. The topological polar surface area (TPSA) is 32.5 Å². The molecule has 1 aliphatic carbocycles. The van der Waals surface area contributed by atoms with Gasteiger partial charge in [-0.15, -0.1) is 0 Å².